The smallest absolute Gasteiger partial charge is 0.177 e. The monoisotopic (exact) mass is 240 g/mol. The van der Waals surface area contributed by atoms with E-state index in [0.29, 0.717) is 0 Å². The maximum Gasteiger partial charge on any atom is 0.177 e. The molecule has 0 saturated heterocycles. The summed E-state index contributed by atoms with van der Waals surface area (Å²) < 4.78 is 6.51. The predicted octanol–water partition coefficient (Wildman–Crippen LogP) is 4.01. The molecular formula is C12H24OSi2. The first kappa shape index (κ1) is 11.6. The lowest BCUT2D eigenvalue weighted by Crippen LogP contribution is -2.46. The average Bonchev–Trinajstić information content (AvgIpc) is 2.58. The first-order chi connectivity index (χ1) is 6.78. The predicted molar refractivity (Wildman–Crippen MR) is 71.0 cm³/mol. The molecule has 0 aromatic rings. The molecule has 2 aliphatic carbocycles. The summed E-state index contributed by atoms with van der Waals surface area (Å²) in [6.45, 7) is 11.8. The Kier molecular flexibility index (Phi) is 2.76. The average molecular weight is 240 g/mol. The molecule has 15 heavy (non-hydrogen) atoms. The van der Waals surface area contributed by atoms with Crippen molar-refractivity contribution in [2.45, 2.75) is 51.1 Å². The Balaban J connectivity index is 2.06. The van der Waals surface area contributed by atoms with Crippen molar-refractivity contribution < 1.29 is 4.12 Å². The third-order valence-electron chi connectivity index (χ3n) is 3.74. The summed E-state index contributed by atoms with van der Waals surface area (Å²) in [4.78, 5) is 0. The fourth-order valence-electron chi connectivity index (χ4n) is 3.44. The van der Waals surface area contributed by atoms with Crippen LogP contribution in [0.25, 0.3) is 0 Å². The first-order valence-electron chi connectivity index (χ1n) is 6.16. The van der Waals surface area contributed by atoms with Gasteiger partial charge in [0, 0.05) is 0 Å². The van der Waals surface area contributed by atoms with E-state index in [0.717, 1.165) is 17.4 Å². The summed E-state index contributed by atoms with van der Waals surface area (Å²) >= 11 is 0. The molecule has 0 aromatic carbocycles. The minimum Gasteiger partial charge on any atom is -0.455 e. The van der Waals surface area contributed by atoms with Crippen LogP contribution in [0.1, 0.15) is 12.8 Å². The van der Waals surface area contributed by atoms with Crippen LogP contribution in [-0.4, -0.2) is 16.6 Å². The second-order valence-electron chi connectivity index (χ2n) is 6.70. The van der Waals surface area contributed by atoms with Gasteiger partial charge in [-0.25, -0.2) is 0 Å². The second kappa shape index (κ2) is 3.57. The molecule has 0 aromatic heterocycles. The molecule has 1 nitrogen and oxygen atoms in total. The van der Waals surface area contributed by atoms with Crippen LogP contribution >= 0.6 is 0 Å². The third kappa shape index (κ3) is 2.45. The van der Waals surface area contributed by atoms with E-state index in [4.69, 9.17) is 4.12 Å². The molecule has 3 unspecified atom stereocenters. The molecule has 2 rings (SSSR count). The zero-order chi connectivity index (χ0) is 11.3. The molecule has 1 saturated carbocycles. The Morgan fingerprint density at radius 1 is 1.00 bits per heavy atom. The summed E-state index contributed by atoms with van der Waals surface area (Å²) in [7, 11) is -2.80. The largest absolute Gasteiger partial charge is 0.455 e. The highest BCUT2D eigenvalue weighted by molar-refractivity contribution is 6.85. The highest BCUT2D eigenvalue weighted by atomic mass is 28.4. The first-order valence-corrected chi connectivity index (χ1v) is 12.6. The molecule has 2 bridgehead atoms. The number of allylic oxidation sites excluding steroid dienone is 2. The van der Waals surface area contributed by atoms with E-state index in [2.05, 4.69) is 44.9 Å². The lowest BCUT2D eigenvalue weighted by atomic mass is 10.1. The molecule has 3 heteroatoms. The molecular weight excluding hydrogens is 216 g/mol. The Morgan fingerprint density at radius 2 is 1.67 bits per heavy atom. The van der Waals surface area contributed by atoms with Gasteiger partial charge in [-0.3, -0.25) is 0 Å². The Morgan fingerprint density at radius 3 is 2.07 bits per heavy atom. The summed E-state index contributed by atoms with van der Waals surface area (Å²) in [6, 6.07) is 0. The fraction of sp³-hybridized carbons (Fsp3) is 0.833. The molecule has 0 N–H and O–H groups in total. The van der Waals surface area contributed by atoms with Crippen molar-refractivity contribution in [3.05, 3.63) is 12.2 Å². The van der Waals surface area contributed by atoms with E-state index in [9.17, 15) is 0 Å². The zero-order valence-corrected chi connectivity index (χ0v) is 12.7. The van der Waals surface area contributed by atoms with Crippen molar-refractivity contribution in [2.75, 3.05) is 0 Å². The number of hydrogen-bond donors (Lipinski definition) is 0. The lowest BCUT2D eigenvalue weighted by Gasteiger charge is -2.38. The number of rotatable bonds is 3. The van der Waals surface area contributed by atoms with Crippen molar-refractivity contribution in [1.29, 1.82) is 0 Å². The quantitative estimate of drug-likeness (QED) is 0.535. The topological polar surface area (TPSA) is 9.23 Å². The summed E-state index contributed by atoms with van der Waals surface area (Å²) in [5, 5.41) is 0. The normalized spacial score (nSPS) is 35.1. The van der Waals surface area contributed by atoms with Gasteiger partial charge in [0.25, 0.3) is 0 Å². The van der Waals surface area contributed by atoms with E-state index in [-0.39, 0.29) is 0 Å². The van der Waals surface area contributed by atoms with Crippen LogP contribution in [0, 0.1) is 11.8 Å². The molecule has 0 amide bonds. The van der Waals surface area contributed by atoms with Crippen LogP contribution in [0.4, 0.5) is 0 Å². The molecule has 0 heterocycles. The SMILES string of the molecule is C[Si](C)(C)O[Si](C)(C)C1CC2C=CC1C2. The molecule has 0 aliphatic heterocycles. The Labute approximate surface area is 96.2 Å². The zero-order valence-electron chi connectivity index (χ0n) is 10.7. The van der Waals surface area contributed by atoms with Gasteiger partial charge in [-0.15, -0.1) is 0 Å². The standard InChI is InChI=1S/C12H24OSi2/c1-14(2,3)13-15(4,5)12-9-10-6-7-11(12)8-10/h6-7,10-12H,8-9H2,1-5H3. The van der Waals surface area contributed by atoms with Crippen molar-refractivity contribution in [1.82, 2.24) is 0 Å². The van der Waals surface area contributed by atoms with Crippen LogP contribution in [-0.2, 0) is 4.12 Å². The van der Waals surface area contributed by atoms with E-state index in [1.54, 1.807) is 0 Å². The molecule has 3 atom stereocenters. The summed E-state index contributed by atoms with van der Waals surface area (Å²) in [5.74, 6) is 1.74. The van der Waals surface area contributed by atoms with Gasteiger partial charge in [0.15, 0.2) is 16.6 Å². The minimum atomic E-state index is -1.45. The van der Waals surface area contributed by atoms with Gasteiger partial charge in [-0.2, -0.15) is 0 Å². The van der Waals surface area contributed by atoms with Crippen molar-refractivity contribution in [2.24, 2.45) is 11.8 Å². The maximum absolute atomic E-state index is 6.51. The van der Waals surface area contributed by atoms with Crippen LogP contribution < -0.4 is 0 Å². The molecule has 0 spiro atoms. The van der Waals surface area contributed by atoms with Gasteiger partial charge in [0.2, 0.25) is 0 Å². The van der Waals surface area contributed by atoms with Gasteiger partial charge >= 0.3 is 0 Å². The summed E-state index contributed by atoms with van der Waals surface area (Å²) in [6.07, 6.45) is 7.71. The Hall–Kier alpha value is 0.134. The number of fused-ring (bicyclic) bond motifs is 2. The molecule has 1 fully saturated rings. The van der Waals surface area contributed by atoms with E-state index >= 15 is 0 Å². The van der Waals surface area contributed by atoms with Crippen LogP contribution in [0.15, 0.2) is 12.2 Å². The Bertz CT molecular complexity index is 278. The third-order valence-corrected chi connectivity index (χ3v) is 10.7. The number of hydrogen-bond acceptors (Lipinski definition) is 1. The highest BCUT2D eigenvalue weighted by Gasteiger charge is 2.47. The van der Waals surface area contributed by atoms with Gasteiger partial charge in [-0.05, 0) is 63.0 Å². The highest BCUT2D eigenvalue weighted by Crippen LogP contribution is 2.52. The van der Waals surface area contributed by atoms with Crippen molar-refractivity contribution in [3.63, 3.8) is 0 Å². The van der Waals surface area contributed by atoms with E-state index in [1.165, 1.54) is 12.8 Å². The molecule has 2 aliphatic rings. The van der Waals surface area contributed by atoms with Gasteiger partial charge in [0.1, 0.15) is 0 Å². The van der Waals surface area contributed by atoms with E-state index in [1.807, 2.05) is 0 Å². The van der Waals surface area contributed by atoms with Crippen molar-refractivity contribution in [3.8, 4) is 0 Å². The van der Waals surface area contributed by atoms with Gasteiger partial charge in [-0.1, -0.05) is 12.2 Å². The van der Waals surface area contributed by atoms with Crippen molar-refractivity contribution >= 4 is 16.6 Å². The van der Waals surface area contributed by atoms with Crippen LogP contribution in [0.2, 0.25) is 38.3 Å². The van der Waals surface area contributed by atoms with Gasteiger partial charge in [0.05, 0.1) is 0 Å². The molecule has 0 radical (unpaired) electrons. The van der Waals surface area contributed by atoms with Crippen LogP contribution in [0.5, 0.6) is 0 Å². The van der Waals surface area contributed by atoms with Crippen LogP contribution in [0.3, 0.4) is 0 Å². The minimum absolute atomic E-state index is 0.855. The molecule has 86 valence electrons. The maximum atomic E-state index is 6.51. The van der Waals surface area contributed by atoms with E-state index < -0.39 is 16.6 Å². The lowest BCUT2D eigenvalue weighted by molar-refractivity contribution is 0.497. The fourth-order valence-corrected chi connectivity index (χ4v) is 12.5. The van der Waals surface area contributed by atoms with Gasteiger partial charge < -0.3 is 4.12 Å². The second-order valence-corrected chi connectivity index (χ2v) is 15.7. The summed E-state index contributed by atoms with van der Waals surface area (Å²) in [5.41, 5.74) is 0.888.